The van der Waals surface area contributed by atoms with E-state index in [-0.39, 0.29) is 5.75 Å². The van der Waals surface area contributed by atoms with Crippen molar-refractivity contribution < 1.29 is 21.6 Å². The van der Waals surface area contributed by atoms with Crippen LogP contribution in [0.2, 0.25) is 0 Å². The SMILES string of the molecule is CNC(CS(C)(=O)=O)c1ccc(C(F)(F)F)cc1C. The molecule has 1 aromatic rings. The number of nitrogens with one attached hydrogen (secondary N) is 1. The molecule has 0 heterocycles. The average molecular weight is 295 g/mol. The largest absolute Gasteiger partial charge is 0.416 e. The fourth-order valence-corrected chi connectivity index (χ4v) is 2.83. The van der Waals surface area contributed by atoms with Crippen LogP contribution in [-0.4, -0.2) is 27.5 Å². The Hall–Kier alpha value is -1.08. The van der Waals surface area contributed by atoms with E-state index in [9.17, 15) is 21.6 Å². The van der Waals surface area contributed by atoms with Crippen molar-refractivity contribution in [3.8, 4) is 0 Å². The van der Waals surface area contributed by atoms with Gasteiger partial charge in [-0.3, -0.25) is 0 Å². The summed E-state index contributed by atoms with van der Waals surface area (Å²) in [5, 5.41) is 2.81. The third-order valence-corrected chi connectivity index (χ3v) is 3.73. The zero-order valence-electron chi connectivity index (χ0n) is 10.9. The number of rotatable bonds is 4. The highest BCUT2D eigenvalue weighted by atomic mass is 32.2. The topological polar surface area (TPSA) is 46.2 Å². The first kappa shape index (κ1) is 16.0. The second kappa shape index (κ2) is 5.50. The molecule has 1 aromatic carbocycles. The Balaban J connectivity index is 3.14. The van der Waals surface area contributed by atoms with Crippen LogP contribution in [0.15, 0.2) is 18.2 Å². The lowest BCUT2D eigenvalue weighted by atomic mass is 10.00. The average Bonchev–Trinajstić information content (AvgIpc) is 2.23. The minimum absolute atomic E-state index is 0.157. The number of aryl methyl sites for hydroxylation is 1. The van der Waals surface area contributed by atoms with Crippen LogP contribution in [-0.2, 0) is 16.0 Å². The first-order valence-electron chi connectivity index (χ1n) is 5.57. The van der Waals surface area contributed by atoms with Gasteiger partial charge in [0.05, 0.1) is 11.3 Å². The molecule has 1 N–H and O–H groups in total. The van der Waals surface area contributed by atoms with Crippen LogP contribution >= 0.6 is 0 Å². The summed E-state index contributed by atoms with van der Waals surface area (Å²) in [4.78, 5) is 0. The molecule has 0 aromatic heterocycles. The molecule has 3 nitrogen and oxygen atoms in total. The van der Waals surface area contributed by atoms with Gasteiger partial charge in [0.1, 0.15) is 9.84 Å². The highest BCUT2D eigenvalue weighted by molar-refractivity contribution is 7.90. The summed E-state index contributed by atoms with van der Waals surface area (Å²) >= 11 is 0. The Morgan fingerprint density at radius 3 is 2.26 bits per heavy atom. The Bertz CT molecular complexity index is 553. The third kappa shape index (κ3) is 4.50. The maximum Gasteiger partial charge on any atom is 0.416 e. The summed E-state index contributed by atoms with van der Waals surface area (Å²) in [6, 6.07) is 2.80. The van der Waals surface area contributed by atoms with Crippen molar-refractivity contribution in [2.75, 3.05) is 19.1 Å². The summed E-state index contributed by atoms with van der Waals surface area (Å²) in [6.45, 7) is 1.54. The summed E-state index contributed by atoms with van der Waals surface area (Å²) in [5.41, 5.74) is 0.238. The summed E-state index contributed by atoms with van der Waals surface area (Å²) in [6.07, 6.45) is -3.30. The zero-order chi connectivity index (χ0) is 14.8. The fraction of sp³-hybridized carbons (Fsp3) is 0.500. The molecular weight excluding hydrogens is 279 g/mol. The smallest absolute Gasteiger partial charge is 0.312 e. The highest BCUT2D eigenvalue weighted by Gasteiger charge is 2.31. The number of hydrogen-bond acceptors (Lipinski definition) is 3. The monoisotopic (exact) mass is 295 g/mol. The van der Waals surface area contributed by atoms with Gasteiger partial charge in [-0.1, -0.05) is 6.07 Å². The lowest BCUT2D eigenvalue weighted by Gasteiger charge is -2.19. The van der Waals surface area contributed by atoms with Crippen LogP contribution in [0.5, 0.6) is 0 Å². The molecule has 108 valence electrons. The third-order valence-electron chi connectivity index (χ3n) is 2.79. The van der Waals surface area contributed by atoms with Crippen molar-refractivity contribution in [2.24, 2.45) is 0 Å². The molecule has 0 bridgehead atoms. The molecular formula is C12H16F3NO2S. The van der Waals surface area contributed by atoms with Crippen molar-refractivity contribution in [2.45, 2.75) is 19.1 Å². The van der Waals surface area contributed by atoms with Gasteiger partial charge in [0.2, 0.25) is 0 Å². The Kier molecular flexibility index (Phi) is 4.63. The van der Waals surface area contributed by atoms with Crippen LogP contribution in [0, 0.1) is 6.92 Å². The lowest BCUT2D eigenvalue weighted by Crippen LogP contribution is -2.25. The van der Waals surface area contributed by atoms with Crippen molar-refractivity contribution in [3.05, 3.63) is 34.9 Å². The molecule has 1 unspecified atom stereocenters. The minimum atomic E-state index is -4.39. The maximum absolute atomic E-state index is 12.5. The molecule has 0 saturated carbocycles. The second-order valence-electron chi connectivity index (χ2n) is 4.50. The quantitative estimate of drug-likeness (QED) is 0.927. The Morgan fingerprint density at radius 2 is 1.89 bits per heavy atom. The van der Waals surface area contributed by atoms with Gasteiger partial charge in [0.15, 0.2) is 0 Å². The van der Waals surface area contributed by atoms with Gasteiger partial charge in [-0.2, -0.15) is 13.2 Å². The van der Waals surface area contributed by atoms with E-state index in [0.29, 0.717) is 11.1 Å². The zero-order valence-corrected chi connectivity index (χ0v) is 11.7. The number of hydrogen-bond donors (Lipinski definition) is 1. The number of benzene rings is 1. The predicted octanol–water partition coefficient (Wildman–Crippen LogP) is 2.32. The number of sulfone groups is 1. The van der Waals surface area contributed by atoms with Crippen LogP contribution in [0.25, 0.3) is 0 Å². The van der Waals surface area contributed by atoms with E-state index in [4.69, 9.17) is 0 Å². The van der Waals surface area contributed by atoms with E-state index in [1.54, 1.807) is 7.05 Å². The van der Waals surface area contributed by atoms with Gasteiger partial charge < -0.3 is 5.32 Å². The minimum Gasteiger partial charge on any atom is -0.312 e. The molecule has 0 radical (unpaired) electrons. The fourth-order valence-electron chi connectivity index (χ4n) is 1.87. The van der Waals surface area contributed by atoms with Gasteiger partial charge in [0, 0.05) is 12.3 Å². The molecule has 0 aliphatic rings. The van der Waals surface area contributed by atoms with Gasteiger partial charge in [-0.05, 0) is 37.2 Å². The van der Waals surface area contributed by atoms with Gasteiger partial charge >= 0.3 is 6.18 Å². The van der Waals surface area contributed by atoms with Crippen LogP contribution in [0.1, 0.15) is 22.7 Å². The molecule has 0 fully saturated rings. The molecule has 0 amide bonds. The van der Waals surface area contributed by atoms with Crippen LogP contribution < -0.4 is 5.32 Å². The van der Waals surface area contributed by atoms with Crippen LogP contribution in [0.3, 0.4) is 0 Å². The summed E-state index contributed by atoms with van der Waals surface area (Å²) in [5.74, 6) is -0.157. The number of alkyl halides is 3. The van der Waals surface area contributed by atoms with E-state index in [1.165, 1.54) is 13.0 Å². The second-order valence-corrected chi connectivity index (χ2v) is 6.69. The van der Waals surface area contributed by atoms with E-state index < -0.39 is 27.6 Å². The summed E-state index contributed by atoms with van der Waals surface area (Å²) < 4.78 is 60.2. The lowest BCUT2D eigenvalue weighted by molar-refractivity contribution is -0.137. The molecule has 7 heteroatoms. The van der Waals surface area contributed by atoms with E-state index in [0.717, 1.165) is 18.4 Å². The molecule has 0 spiro atoms. The molecule has 0 aliphatic heterocycles. The van der Waals surface area contributed by atoms with Gasteiger partial charge in [0.25, 0.3) is 0 Å². The highest BCUT2D eigenvalue weighted by Crippen LogP contribution is 2.31. The molecule has 0 aliphatic carbocycles. The molecule has 0 saturated heterocycles. The Labute approximate surface area is 110 Å². The molecule has 1 rings (SSSR count). The standard InChI is InChI=1S/C12H16F3NO2S/c1-8-6-9(12(13,14)15)4-5-10(8)11(16-2)7-19(3,17)18/h4-6,11,16H,7H2,1-3H3. The van der Waals surface area contributed by atoms with E-state index >= 15 is 0 Å². The van der Waals surface area contributed by atoms with Crippen molar-refractivity contribution in [3.63, 3.8) is 0 Å². The van der Waals surface area contributed by atoms with Gasteiger partial charge in [-0.15, -0.1) is 0 Å². The van der Waals surface area contributed by atoms with E-state index in [1.807, 2.05) is 0 Å². The van der Waals surface area contributed by atoms with E-state index in [2.05, 4.69) is 5.32 Å². The summed E-state index contributed by atoms with van der Waals surface area (Å²) in [7, 11) is -1.65. The van der Waals surface area contributed by atoms with Crippen molar-refractivity contribution in [1.82, 2.24) is 5.32 Å². The van der Waals surface area contributed by atoms with Gasteiger partial charge in [-0.25, -0.2) is 8.42 Å². The molecule has 19 heavy (non-hydrogen) atoms. The molecule has 1 atom stereocenters. The number of halogens is 3. The Morgan fingerprint density at radius 1 is 1.32 bits per heavy atom. The predicted molar refractivity (Wildman–Crippen MR) is 67.7 cm³/mol. The van der Waals surface area contributed by atoms with Crippen LogP contribution in [0.4, 0.5) is 13.2 Å². The van der Waals surface area contributed by atoms with Crippen molar-refractivity contribution >= 4 is 9.84 Å². The first-order chi connectivity index (χ1) is 8.54. The normalized spacial score (nSPS) is 14.4. The maximum atomic E-state index is 12.5. The van der Waals surface area contributed by atoms with Crippen molar-refractivity contribution in [1.29, 1.82) is 0 Å². The first-order valence-corrected chi connectivity index (χ1v) is 7.63.